The first-order valence-corrected chi connectivity index (χ1v) is 6.50. The molecule has 18 heavy (non-hydrogen) atoms. The van der Waals surface area contributed by atoms with Crippen molar-refractivity contribution in [1.29, 1.82) is 0 Å². The smallest absolute Gasteiger partial charge is 0.408 e. The van der Waals surface area contributed by atoms with Crippen LogP contribution in [0.15, 0.2) is 0 Å². The quantitative estimate of drug-likeness (QED) is 0.815. The normalized spacial score (nSPS) is 21.1. The Morgan fingerprint density at radius 2 is 1.94 bits per heavy atom. The maximum absolute atomic E-state index is 12.0. The van der Waals surface area contributed by atoms with Gasteiger partial charge in [-0.2, -0.15) is 0 Å². The monoisotopic (exact) mass is 257 g/mol. The molecule has 0 bridgehead atoms. The summed E-state index contributed by atoms with van der Waals surface area (Å²) in [5.74, 6) is -0.0237. The zero-order valence-electron chi connectivity index (χ0n) is 11.6. The minimum atomic E-state index is -0.529. The van der Waals surface area contributed by atoms with Crippen molar-refractivity contribution in [2.24, 2.45) is 11.8 Å². The van der Waals surface area contributed by atoms with Gasteiger partial charge in [0.2, 0.25) is 0 Å². The Morgan fingerprint density at radius 3 is 2.39 bits per heavy atom. The number of alkyl carbamates (subject to hydrolysis) is 1. The van der Waals surface area contributed by atoms with Gasteiger partial charge in [-0.25, -0.2) is 4.79 Å². The van der Waals surface area contributed by atoms with Gasteiger partial charge in [0.05, 0.1) is 19.3 Å². The van der Waals surface area contributed by atoms with Crippen LogP contribution in [0.3, 0.4) is 0 Å². The van der Waals surface area contributed by atoms with Crippen LogP contribution < -0.4 is 5.32 Å². The van der Waals surface area contributed by atoms with Crippen LogP contribution in [0.5, 0.6) is 0 Å². The van der Waals surface area contributed by atoms with Crippen molar-refractivity contribution in [2.75, 3.05) is 13.2 Å². The zero-order valence-corrected chi connectivity index (χ0v) is 11.6. The molecule has 0 saturated carbocycles. The lowest BCUT2D eigenvalue weighted by Crippen LogP contribution is -2.47. The highest BCUT2D eigenvalue weighted by Crippen LogP contribution is 2.11. The zero-order chi connectivity index (χ0) is 13.7. The Bertz CT molecular complexity index is 295. The predicted molar refractivity (Wildman–Crippen MR) is 67.3 cm³/mol. The van der Waals surface area contributed by atoms with Gasteiger partial charge in [-0.1, -0.05) is 27.7 Å². The van der Waals surface area contributed by atoms with Gasteiger partial charge in [0.25, 0.3) is 0 Å². The second-order valence-corrected chi connectivity index (χ2v) is 5.31. The number of hydrogen-bond acceptors (Lipinski definition) is 4. The number of nitrogens with one attached hydrogen (secondary N) is 1. The minimum absolute atomic E-state index is 0.0321. The topological polar surface area (TPSA) is 64.6 Å². The molecule has 0 aliphatic carbocycles. The summed E-state index contributed by atoms with van der Waals surface area (Å²) in [6.45, 7) is 8.53. The molecule has 5 nitrogen and oxygen atoms in total. The molecule has 0 radical (unpaired) electrons. The first-order chi connectivity index (χ1) is 8.41. The third-order valence-corrected chi connectivity index (χ3v) is 2.98. The van der Waals surface area contributed by atoms with Crippen molar-refractivity contribution in [3.05, 3.63) is 0 Å². The molecule has 0 aromatic heterocycles. The average Bonchev–Trinajstić information content (AvgIpc) is 2.77. The van der Waals surface area contributed by atoms with Crippen molar-refractivity contribution >= 4 is 11.9 Å². The van der Waals surface area contributed by atoms with Gasteiger partial charge in [0, 0.05) is 12.3 Å². The lowest BCUT2D eigenvalue weighted by atomic mass is 9.93. The van der Waals surface area contributed by atoms with Crippen LogP contribution in [0.4, 0.5) is 4.79 Å². The SMILES string of the molecule is CC(C)C(=O)[C@@H](NC(=O)OC1CCOC1)C(C)C. The van der Waals surface area contributed by atoms with E-state index >= 15 is 0 Å². The molecule has 0 spiro atoms. The van der Waals surface area contributed by atoms with Gasteiger partial charge in [0.15, 0.2) is 5.78 Å². The van der Waals surface area contributed by atoms with Crippen molar-refractivity contribution in [2.45, 2.75) is 46.3 Å². The summed E-state index contributed by atoms with van der Waals surface area (Å²) in [7, 11) is 0. The number of Topliss-reactive ketones (excluding diaryl/α,β-unsaturated/α-hetero) is 1. The van der Waals surface area contributed by atoms with E-state index in [1.165, 1.54) is 0 Å². The van der Waals surface area contributed by atoms with Crippen molar-refractivity contribution in [3.8, 4) is 0 Å². The highest BCUT2D eigenvalue weighted by molar-refractivity contribution is 5.89. The fourth-order valence-electron chi connectivity index (χ4n) is 1.84. The van der Waals surface area contributed by atoms with Crippen molar-refractivity contribution in [1.82, 2.24) is 5.32 Å². The predicted octanol–water partition coefficient (Wildman–Crippen LogP) is 1.75. The van der Waals surface area contributed by atoms with Crippen LogP contribution >= 0.6 is 0 Å². The van der Waals surface area contributed by atoms with Crippen LogP contribution in [-0.4, -0.2) is 37.2 Å². The summed E-state index contributed by atoms with van der Waals surface area (Å²) in [5.41, 5.74) is 0. The average molecular weight is 257 g/mol. The van der Waals surface area contributed by atoms with Gasteiger partial charge in [-0.3, -0.25) is 4.79 Å². The van der Waals surface area contributed by atoms with E-state index in [-0.39, 0.29) is 23.7 Å². The second kappa shape index (κ2) is 6.73. The first-order valence-electron chi connectivity index (χ1n) is 6.50. The fourth-order valence-corrected chi connectivity index (χ4v) is 1.84. The Labute approximate surface area is 108 Å². The van der Waals surface area contributed by atoms with E-state index in [1.807, 2.05) is 27.7 Å². The van der Waals surface area contributed by atoms with Crippen molar-refractivity contribution in [3.63, 3.8) is 0 Å². The number of carbonyl (C=O) groups excluding carboxylic acids is 2. The molecule has 2 atom stereocenters. The van der Waals surface area contributed by atoms with E-state index in [0.717, 1.165) is 6.42 Å². The summed E-state index contributed by atoms with van der Waals surface area (Å²) in [6.07, 6.45) is 0.00269. The number of amides is 1. The Hall–Kier alpha value is -1.10. The standard InChI is InChI=1S/C13H23NO4/c1-8(2)11(12(15)9(3)4)14-13(16)18-10-5-6-17-7-10/h8-11H,5-7H2,1-4H3,(H,14,16)/t10?,11-/m0/s1. The van der Waals surface area contributed by atoms with Crippen LogP contribution in [0.2, 0.25) is 0 Å². The van der Waals surface area contributed by atoms with E-state index < -0.39 is 12.1 Å². The molecule has 0 aromatic rings. The number of ketones is 1. The molecule has 1 saturated heterocycles. The van der Waals surface area contributed by atoms with E-state index in [2.05, 4.69) is 5.32 Å². The maximum atomic E-state index is 12.0. The molecule has 104 valence electrons. The highest BCUT2D eigenvalue weighted by Gasteiger charge is 2.28. The molecule has 1 heterocycles. The first kappa shape index (κ1) is 15.0. The van der Waals surface area contributed by atoms with Crippen LogP contribution in [0.25, 0.3) is 0 Å². The summed E-state index contributed by atoms with van der Waals surface area (Å²) in [6, 6.07) is -0.486. The Kier molecular flexibility index (Phi) is 5.59. The lowest BCUT2D eigenvalue weighted by Gasteiger charge is -2.23. The molecule has 1 fully saturated rings. The molecule has 1 aliphatic rings. The molecule has 1 aliphatic heterocycles. The summed E-state index contributed by atoms with van der Waals surface area (Å²) >= 11 is 0. The minimum Gasteiger partial charge on any atom is -0.444 e. The van der Waals surface area contributed by atoms with E-state index in [9.17, 15) is 9.59 Å². The van der Waals surface area contributed by atoms with Crippen LogP contribution in [-0.2, 0) is 14.3 Å². The van der Waals surface area contributed by atoms with Gasteiger partial charge >= 0.3 is 6.09 Å². The summed E-state index contributed by atoms with van der Waals surface area (Å²) < 4.78 is 10.3. The van der Waals surface area contributed by atoms with Crippen molar-refractivity contribution < 1.29 is 19.1 Å². The molecule has 5 heteroatoms. The van der Waals surface area contributed by atoms with Gasteiger partial charge < -0.3 is 14.8 Å². The molecule has 1 N–H and O–H groups in total. The van der Waals surface area contributed by atoms with Gasteiger partial charge in [-0.15, -0.1) is 0 Å². The summed E-state index contributed by atoms with van der Waals surface area (Å²) in [4.78, 5) is 23.7. The highest BCUT2D eigenvalue weighted by atomic mass is 16.6. The Morgan fingerprint density at radius 1 is 1.28 bits per heavy atom. The maximum Gasteiger partial charge on any atom is 0.408 e. The van der Waals surface area contributed by atoms with Gasteiger partial charge in [0.1, 0.15) is 6.10 Å². The fraction of sp³-hybridized carbons (Fsp3) is 0.846. The number of ether oxygens (including phenoxy) is 2. The van der Waals surface area contributed by atoms with Gasteiger partial charge in [-0.05, 0) is 5.92 Å². The lowest BCUT2D eigenvalue weighted by molar-refractivity contribution is -0.124. The van der Waals surface area contributed by atoms with E-state index in [1.54, 1.807) is 0 Å². The van der Waals surface area contributed by atoms with E-state index in [4.69, 9.17) is 9.47 Å². The third-order valence-electron chi connectivity index (χ3n) is 2.98. The number of rotatable bonds is 5. The molecule has 0 aromatic carbocycles. The molecular weight excluding hydrogens is 234 g/mol. The second-order valence-electron chi connectivity index (χ2n) is 5.31. The molecule has 1 rings (SSSR count). The Balaban J connectivity index is 2.49. The van der Waals surface area contributed by atoms with Crippen LogP contribution in [0.1, 0.15) is 34.1 Å². The number of carbonyl (C=O) groups is 2. The molecule has 1 amide bonds. The van der Waals surface area contributed by atoms with Crippen LogP contribution in [0, 0.1) is 11.8 Å². The number of hydrogen-bond donors (Lipinski definition) is 1. The summed E-state index contributed by atoms with van der Waals surface area (Å²) in [5, 5.41) is 2.66. The molecule has 1 unspecified atom stereocenters. The largest absolute Gasteiger partial charge is 0.444 e. The molecular formula is C13H23NO4. The third kappa shape index (κ3) is 4.29. The van der Waals surface area contributed by atoms with E-state index in [0.29, 0.717) is 13.2 Å².